The summed E-state index contributed by atoms with van der Waals surface area (Å²) in [5, 5.41) is 5.46. The number of benzene rings is 1. The van der Waals surface area contributed by atoms with Crippen molar-refractivity contribution in [1.29, 1.82) is 0 Å². The summed E-state index contributed by atoms with van der Waals surface area (Å²) >= 11 is 0. The Kier molecular flexibility index (Phi) is 5.20. The first-order valence-electron chi connectivity index (χ1n) is 5.65. The third kappa shape index (κ3) is 5.15. The van der Waals surface area contributed by atoms with E-state index in [0.29, 0.717) is 13.1 Å². The van der Waals surface area contributed by atoms with Crippen molar-refractivity contribution in [3.05, 3.63) is 35.9 Å². The predicted molar refractivity (Wildman–Crippen MR) is 66.1 cm³/mol. The summed E-state index contributed by atoms with van der Waals surface area (Å²) in [5.41, 5.74) is 1.06. The van der Waals surface area contributed by atoms with Gasteiger partial charge in [0.05, 0.1) is 5.92 Å². The Morgan fingerprint density at radius 2 is 1.82 bits per heavy atom. The average Bonchev–Trinajstić information content (AvgIpc) is 2.34. The molecule has 1 aromatic rings. The minimum Gasteiger partial charge on any atom is -0.356 e. The molecule has 0 saturated heterocycles. The van der Waals surface area contributed by atoms with Gasteiger partial charge in [-0.15, -0.1) is 0 Å². The third-order valence-electron chi connectivity index (χ3n) is 2.41. The fraction of sp³-hybridized carbons (Fsp3) is 0.385. The zero-order chi connectivity index (χ0) is 12.7. The van der Waals surface area contributed by atoms with E-state index < -0.39 is 0 Å². The number of carbonyl (C=O) groups is 2. The summed E-state index contributed by atoms with van der Waals surface area (Å²) in [6.07, 6.45) is 0. The molecule has 17 heavy (non-hydrogen) atoms. The van der Waals surface area contributed by atoms with Gasteiger partial charge in [0.1, 0.15) is 0 Å². The normalized spacial score (nSPS) is 11.6. The Labute approximate surface area is 101 Å². The molecule has 0 aliphatic heterocycles. The van der Waals surface area contributed by atoms with Crippen LogP contribution in [-0.2, 0) is 16.1 Å². The SMILES string of the molecule is CC(=O)NCC(C)C(=O)NCc1ccccc1. The minimum absolute atomic E-state index is 0.0531. The Hall–Kier alpha value is -1.84. The van der Waals surface area contributed by atoms with Crippen LogP contribution in [0.15, 0.2) is 30.3 Å². The van der Waals surface area contributed by atoms with Crippen molar-refractivity contribution in [2.24, 2.45) is 5.92 Å². The summed E-state index contributed by atoms with van der Waals surface area (Å²) in [7, 11) is 0. The number of carbonyl (C=O) groups excluding carboxylic acids is 2. The molecule has 92 valence electrons. The number of hydrogen-bond donors (Lipinski definition) is 2. The molecular formula is C13H18N2O2. The van der Waals surface area contributed by atoms with Gasteiger partial charge in [-0.3, -0.25) is 9.59 Å². The van der Waals surface area contributed by atoms with Crippen molar-refractivity contribution in [3.8, 4) is 0 Å². The van der Waals surface area contributed by atoms with Gasteiger partial charge in [0.15, 0.2) is 0 Å². The maximum Gasteiger partial charge on any atom is 0.224 e. The van der Waals surface area contributed by atoms with E-state index in [9.17, 15) is 9.59 Å². The number of nitrogens with one attached hydrogen (secondary N) is 2. The molecule has 1 aromatic carbocycles. The second-order valence-electron chi connectivity index (χ2n) is 4.04. The third-order valence-corrected chi connectivity index (χ3v) is 2.41. The van der Waals surface area contributed by atoms with Crippen molar-refractivity contribution in [1.82, 2.24) is 10.6 Å². The van der Waals surface area contributed by atoms with E-state index in [0.717, 1.165) is 5.56 Å². The molecule has 0 heterocycles. The second kappa shape index (κ2) is 6.68. The van der Waals surface area contributed by atoms with E-state index in [1.165, 1.54) is 6.92 Å². The van der Waals surface area contributed by atoms with Gasteiger partial charge in [-0.1, -0.05) is 37.3 Å². The summed E-state index contributed by atoms with van der Waals surface area (Å²) in [4.78, 5) is 22.4. The van der Waals surface area contributed by atoms with Crippen LogP contribution in [0.1, 0.15) is 19.4 Å². The Morgan fingerprint density at radius 1 is 1.18 bits per heavy atom. The molecule has 0 spiro atoms. The maximum absolute atomic E-state index is 11.7. The van der Waals surface area contributed by atoms with Crippen LogP contribution in [0.3, 0.4) is 0 Å². The molecule has 0 fully saturated rings. The molecule has 2 amide bonds. The molecule has 1 rings (SSSR count). The van der Waals surface area contributed by atoms with Crippen molar-refractivity contribution < 1.29 is 9.59 Å². The van der Waals surface area contributed by atoms with Gasteiger partial charge in [-0.05, 0) is 5.56 Å². The van der Waals surface area contributed by atoms with E-state index in [4.69, 9.17) is 0 Å². The lowest BCUT2D eigenvalue weighted by molar-refractivity contribution is -0.125. The molecule has 0 bridgehead atoms. The van der Waals surface area contributed by atoms with E-state index >= 15 is 0 Å². The Bertz CT molecular complexity index is 376. The molecule has 0 aromatic heterocycles. The number of amides is 2. The van der Waals surface area contributed by atoms with Crippen molar-refractivity contribution >= 4 is 11.8 Å². The van der Waals surface area contributed by atoms with E-state index in [2.05, 4.69) is 10.6 Å². The highest BCUT2D eigenvalue weighted by Crippen LogP contribution is 1.99. The topological polar surface area (TPSA) is 58.2 Å². The lowest BCUT2D eigenvalue weighted by atomic mass is 10.1. The van der Waals surface area contributed by atoms with Gasteiger partial charge >= 0.3 is 0 Å². The molecule has 0 saturated carbocycles. The minimum atomic E-state index is -0.220. The highest BCUT2D eigenvalue weighted by atomic mass is 16.2. The van der Waals surface area contributed by atoms with Crippen LogP contribution in [0, 0.1) is 5.92 Å². The lowest BCUT2D eigenvalue weighted by Crippen LogP contribution is -2.36. The fourth-order valence-electron chi connectivity index (χ4n) is 1.35. The summed E-state index contributed by atoms with van der Waals surface area (Å²) in [6, 6.07) is 9.71. The zero-order valence-electron chi connectivity index (χ0n) is 10.2. The van der Waals surface area contributed by atoms with Crippen LogP contribution >= 0.6 is 0 Å². The first-order chi connectivity index (χ1) is 8.09. The molecule has 0 aliphatic carbocycles. The Morgan fingerprint density at radius 3 is 2.41 bits per heavy atom. The molecule has 4 heteroatoms. The van der Waals surface area contributed by atoms with E-state index in [-0.39, 0.29) is 17.7 Å². The summed E-state index contributed by atoms with van der Waals surface area (Å²) < 4.78 is 0. The molecule has 0 aliphatic rings. The second-order valence-corrected chi connectivity index (χ2v) is 4.04. The fourth-order valence-corrected chi connectivity index (χ4v) is 1.35. The number of hydrogen-bond acceptors (Lipinski definition) is 2. The van der Waals surface area contributed by atoms with Crippen LogP contribution in [0.4, 0.5) is 0 Å². The van der Waals surface area contributed by atoms with Crippen molar-refractivity contribution in [2.45, 2.75) is 20.4 Å². The molecule has 4 nitrogen and oxygen atoms in total. The highest BCUT2D eigenvalue weighted by Gasteiger charge is 2.12. The number of rotatable bonds is 5. The van der Waals surface area contributed by atoms with Crippen LogP contribution in [0.5, 0.6) is 0 Å². The van der Waals surface area contributed by atoms with E-state index in [1.807, 2.05) is 30.3 Å². The van der Waals surface area contributed by atoms with Gasteiger partial charge in [0.25, 0.3) is 0 Å². The van der Waals surface area contributed by atoms with Crippen molar-refractivity contribution in [2.75, 3.05) is 6.54 Å². The van der Waals surface area contributed by atoms with Gasteiger partial charge in [-0.2, -0.15) is 0 Å². The quantitative estimate of drug-likeness (QED) is 0.800. The standard InChI is InChI=1S/C13H18N2O2/c1-10(8-14-11(2)16)13(17)15-9-12-6-4-3-5-7-12/h3-7,10H,8-9H2,1-2H3,(H,14,16)(H,15,17). The van der Waals surface area contributed by atoms with Gasteiger partial charge in [0, 0.05) is 20.0 Å². The highest BCUT2D eigenvalue weighted by molar-refractivity contribution is 5.79. The molecule has 2 N–H and O–H groups in total. The van der Waals surface area contributed by atoms with Gasteiger partial charge in [-0.25, -0.2) is 0 Å². The van der Waals surface area contributed by atoms with Crippen LogP contribution in [0.25, 0.3) is 0 Å². The molecular weight excluding hydrogens is 216 g/mol. The largest absolute Gasteiger partial charge is 0.356 e. The molecule has 1 unspecified atom stereocenters. The first kappa shape index (κ1) is 13.2. The smallest absolute Gasteiger partial charge is 0.224 e. The van der Waals surface area contributed by atoms with Gasteiger partial charge in [0.2, 0.25) is 11.8 Å². The molecule has 1 atom stereocenters. The van der Waals surface area contributed by atoms with Crippen LogP contribution in [-0.4, -0.2) is 18.4 Å². The zero-order valence-corrected chi connectivity index (χ0v) is 10.2. The van der Waals surface area contributed by atoms with Crippen LogP contribution in [0.2, 0.25) is 0 Å². The van der Waals surface area contributed by atoms with Gasteiger partial charge < -0.3 is 10.6 Å². The maximum atomic E-state index is 11.7. The average molecular weight is 234 g/mol. The predicted octanol–water partition coefficient (Wildman–Crippen LogP) is 1.07. The summed E-state index contributed by atoms with van der Waals surface area (Å²) in [5.74, 6) is -0.391. The van der Waals surface area contributed by atoms with Crippen molar-refractivity contribution in [3.63, 3.8) is 0 Å². The van der Waals surface area contributed by atoms with Crippen LogP contribution < -0.4 is 10.6 Å². The lowest BCUT2D eigenvalue weighted by Gasteiger charge is -2.12. The molecule has 0 radical (unpaired) electrons. The summed E-state index contributed by atoms with van der Waals surface area (Å²) in [6.45, 7) is 4.12. The Balaban J connectivity index is 2.32. The first-order valence-corrected chi connectivity index (χ1v) is 5.65. The monoisotopic (exact) mass is 234 g/mol. The van der Waals surface area contributed by atoms with E-state index in [1.54, 1.807) is 6.92 Å².